The molecular formula is C34H40F12N2. The van der Waals surface area contributed by atoms with Gasteiger partial charge in [-0.25, -0.2) is 0 Å². The van der Waals surface area contributed by atoms with Crippen molar-refractivity contribution < 1.29 is 52.7 Å². The van der Waals surface area contributed by atoms with Crippen LogP contribution >= 0.6 is 0 Å². The molecule has 0 radical (unpaired) electrons. The molecular weight excluding hydrogens is 664 g/mol. The van der Waals surface area contributed by atoms with Crippen LogP contribution in [0.2, 0.25) is 0 Å². The lowest BCUT2D eigenvalue weighted by atomic mass is 9.74. The molecule has 0 atom stereocenters. The van der Waals surface area contributed by atoms with E-state index in [0.717, 1.165) is 0 Å². The summed E-state index contributed by atoms with van der Waals surface area (Å²) in [5.74, 6) is -43.6. The Morgan fingerprint density at radius 1 is 0.458 bits per heavy atom. The van der Waals surface area contributed by atoms with Crippen LogP contribution in [-0.2, 0) is 22.7 Å². The van der Waals surface area contributed by atoms with E-state index in [9.17, 15) is 0 Å². The lowest BCUT2D eigenvalue weighted by Crippen LogP contribution is -2.69. The molecule has 0 aromatic heterocycles. The first-order valence-corrected chi connectivity index (χ1v) is 15.6. The van der Waals surface area contributed by atoms with Crippen molar-refractivity contribution in [1.82, 2.24) is 0 Å². The summed E-state index contributed by atoms with van der Waals surface area (Å²) in [6.07, 6.45) is 2.70. The third-order valence-electron chi connectivity index (χ3n) is 9.83. The van der Waals surface area contributed by atoms with Crippen molar-refractivity contribution in [3.05, 3.63) is 57.6 Å². The van der Waals surface area contributed by atoms with E-state index in [-0.39, 0.29) is 33.6 Å². The van der Waals surface area contributed by atoms with E-state index in [2.05, 4.69) is 0 Å². The van der Waals surface area contributed by atoms with Crippen LogP contribution in [0.15, 0.2) is 24.3 Å². The first-order chi connectivity index (χ1) is 21.5. The number of hydrogen-bond donors (Lipinski definition) is 2. The number of hydrogen-bond acceptors (Lipinski definition) is 2. The number of nitrogen functional groups attached to an aromatic ring is 2. The Bertz CT molecular complexity index is 1430. The molecule has 2 saturated carbocycles. The molecule has 0 saturated heterocycles. The Balaban J connectivity index is 1.85. The van der Waals surface area contributed by atoms with Crippen LogP contribution in [0.5, 0.6) is 0 Å². The Morgan fingerprint density at radius 2 is 0.729 bits per heavy atom. The molecule has 2 aromatic carbocycles. The maximum atomic E-state index is 15.6. The molecule has 4 N–H and O–H groups in total. The van der Waals surface area contributed by atoms with Gasteiger partial charge in [0.2, 0.25) is 0 Å². The van der Waals surface area contributed by atoms with Gasteiger partial charge in [-0.05, 0) is 94.9 Å². The van der Waals surface area contributed by atoms with Gasteiger partial charge in [0, 0.05) is 22.5 Å². The molecule has 48 heavy (non-hydrogen) atoms. The summed E-state index contributed by atoms with van der Waals surface area (Å²) in [6.45, 7) is 8.63. The number of anilines is 2. The summed E-state index contributed by atoms with van der Waals surface area (Å²) in [5, 5.41) is 0. The van der Waals surface area contributed by atoms with E-state index >= 15 is 52.7 Å². The first-order valence-electron chi connectivity index (χ1n) is 15.6. The van der Waals surface area contributed by atoms with Gasteiger partial charge in [0.1, 0.15) is 0 Å². The van der Waals surface area contributed by atoms with Gasteiger partial charge in [-0.15, -0.1) is 0 Å². The number of benzene rings is 2. The van der Waals surface area contributed by atoms with Crippen LogP contribution in [0, 0.1) is 0 Å². The Morgan fingerprint density at radius 3 is 0.938 bits per heavy atom. The minimum atomic E-state index is -7.71. The molecule has 4 rings (SSSR count). The standard InChI is InChI=1S/C34H40F12N2/c1-27(2,3)23-15-19(13-21(25(23)47)17-9-7-10-17)29(35,36)31(39,40)33(43,44)34(45,46)32(41,42)30(37,38)20-14-22(18-11-8-12-18)26(48)24(16-20)28(4,5)6/h13-18H,7-12,47-48H2,1-6H3. The maximum Gasteiger partial charge on any atom is 0.385 e. The van der Waals surface area contributed by atoms with Crippen molar-refractivity contribution in [1.29, 1.82) is 0 Å². The molecule has 0 unspecified atom stereocenters. The number of rotatable bonds is 9. The molecule has 0 aliphatic heterocycles. The van der Waals surface area contributed by atoms with Crippen molar-refractivity contribution in [3.8, 4) is 0 Å². The molecule has 2 aliphatic rings. The average molecular weight is 705 g/mol. The molecule has 2 nitrogen and oxygen atoms in total. The van der Waals surface area contributed by atoms with Gasteiger partial charge in [-0.1, -0.05) is 54.4 Å². The molecule has 2 aliphatic carbocycles. The molecule has 0 bridgehead atoms. The quantitative estimate of drug-likeness (QED) is 0.202. The van der Waals surface area contributed by atoms with E-state index in [1.54, 1.807) is 0 Å². The second kappa shape index (κ2) is 11.4. The van der Waals surface area contributed by atoms with Gasteiger partial charge >= 0.3 is 35.5 Å². The molecule has 0 spiro atoms. The molecule has 0 heterocycles. The fourth-order valence-corrected chi connectivity index (χ4v) is 6.22. The minimum Gasteiger partial charge on any atom is -0.398 e. The highest BCUT2D eigenvalue weighted by atomic mass is 19.4. The van der Waals surface area contributed by atoms with Gasteiger partial charge in [-0.3, -0.25) is 0 Å². The van der Waals surface area contributed by atoms with Crippen LogP contribution in [0.25, 0.3) is 0 Å². The fourth-order valence-electron chi connectivity index (χ4n) is 6.22. The lowest BCUT2D eigenvalue weighted by Gasteiger charge is -2.42. The second-order valence-corrected chi connectivity index (χ2v) is 15.3. The van der Waals surface area contributed by atoms with Gasteiger partial charge in [0.05, 0.1) is 0 Å². The molecule has 2 fully saturated rings. The summed E-state index contributed by atoms with van der Waals surface area (Å²) in [4.78, 5) is 0. The van der Waals surface area contributed by atoms with Crippen molar-refractivity contribution in [2.45, 2.75) is 138 Å². The monoisotopic (exact) mass is 704 g/mol. The van der Waals surface area contributed by atoms with Gasteiger partial charge in [0.25, 0.3) is 0 Å². The Hall–Kier alpha value is -2.80. The predicted octanol–water partition coefficient (Wildman–Crippen LogP) is 11.4. The predicted molar refractivity (Wildman–Crippen MR) is 160 cm³/mol. The highest BCUT2D eigenvalue weighted by molar-refractivity contribution is 5.62. The number of alkyl halides is 12. The van der Waals surface area contributed by atoms with E-state index in [0.29, 0.717) is 62.8 Å². The van der Waals surface area contributed by atoms with E-state index in [1.807, 2.05) is 0 Å². The second-order valence-electron chi connectivity index (χ2n) is 15.3. The number of halogens is 12. The van der Waals surface area contributed by atoms with Gasteiger partial charge < -0.3 is 11.5 Å². The fraction of sp³-hybridized carbons (Fsp3) is 0.647. The molecule has 14 heteroatoms. The SMILES string of the molecule is CC(C)(C)c1cc(C(F)(F)C(F)(F)C(F)(F)C(F)(F)C(F)(F)C(F)(F)c2cc(C3CCC3)c(N)c(C(C)(C)C)c2)cc(C2CCC2)c1N. The van der Waals surface area contributed by atoms with Gasteiger partial charge in [-0.2, -0.15) is 52.7 Å². The highest BCUT2D eigenvalue weighted by Crippen LogP contribution is 2.64. The third-order valence-corrected chi connectivity index (χ3v) is 9.83. The maximum absolute atomic E-state index is 15.6. The lowest BCUT2D eigenvalue weighted by molar-refractivity contribution is -0.429. The summed E-state index contributed by atoms with van der Waals surface area (Å²) < 4.78 is 185. The zero-order chi connectivity index (χ0) is 36.8. The third kappa shape index (κ3) is 5.51. The molecule has 0 amide bonds. The zero-order valence-electron chi connectivity index (χ0n) is 27.4. The Labute approximate surface area is 271 Å². The smallest absolute Gasteiger partial charge is 0.385 e. The normalized spacial score (nSPS) is 18.1. The van der Waals surface area contributed by atoms with Crippen LogP contribution in [0.1, 0.15) is 125 Å². The van der Waals surface area contributed by atoms with E-state index in [4.69, 9.17) is 11.5 Å². The van der Waals surface area contributed by atoms with Crippen molar-refractivity contribution >= 4 is 11.4 Å². The minimum absolute atomic E-state index is 0.0993. The van der Waals surface area contributed by atoms with Crippen molar-refractivity contribution in [2.75, 3.05) is 11.5 Å². The Kier molecular flexibility index (Phi) is 9.00. The van der Waals surface area contributed by atoms with Crippen LogP contribution in [-0.4, -0.2) is 23.7 Å². The summed E-state index contributed by atoms with van der Waals surface area (Å²) in [5.41, 5.74) is 5.31. The van der Waals surface area contributed by atoms with E-state index < -0.39 is 69.3 Å². The molecule has 270 valence electrons. The number of nitrogens with two attached hydrogens (primary N) is 2. The highest BCUT2D eigenvalue weighted by Gasteiger charge is 2.90. The average Bonchev–Trinajstić information content (AvgIpc) is 2.86. The summed E-state index contributed by atoms with van der Waals surface area (Å²) >= 11 is 0. The van der Waals surface area contributed by atoms with Gasteiger partial charge in [0.15, 0.2) is 0 Å². The summed E-state index contributed by atoms with van der Waals surface area (Å²) in [7, 11) is 0. The van der Waals surface area contributed by atoms with E-state index in [1.165, 1.54) is 41.5 Å². The first kappa shape index (κ1) is 38.0. The topological polar surface area (TPSA) is 52.0 Å². The van der Waals surface area contributed by atoms with Crippen LogP contribution < -0.4 is 11.5 Å². The summed E-state index contributed by atoms with van der Waals surface area (Å²) in [6, 6.07) is 1.40. The molecule has 2 aromatic rings. The van der Waals surface area contributed by atoms with Crippen LogP contribution in [0.4, 0.5) is 64.1 Å². The van der Waals surface area contributed by atoms with Crippen molar-refractivity contribution in [3.63, 3.8) is 0 Å². The zero-order valence-corrected chi connectivity index (χ0v) is 27.4. The largest absolute Gasteiger partial charge is 0.398 e. The van der Waals surface area contributed by atoms with Crippen LogP contribution in [0.3, 0.4) is 0 Å². The van der Waals surface area contributed by atoms with Crippen molar-refractivity contribution in [2.24, 2.45) is 0 Å².